The normalized spacial score (nSPS) is 17.3. The molecule has 0 bridgehead atoms. The predicted molar refractivity (Wildman–Crippen MR) is 77.3 cm³/mol. The number of carbonyl (C=O) groups is 1. The highest BCUT2D eigenvalue weighted by atomic mass is 16.1. The maximum absolute atomic E-state index is 12.3. The molecule has 1 fully saturated rings. The lowest BCUT2D eigenvalue weighted by atomic mass is 10.1. The van der Waals surface area contributed by atoms with Gasteiger partial charge in [0.1, 0.15) is 0 Å². The molecule has 100 valence electrons. The van der Waals surface area contributed by atoms with Crippen LogP contribution < -0.4 is 5.32 Å². The van der Waals surface area contributed by atoms with Crippen molar-refractivity contribution in [2.75, 3.05) is 0 Å². The first-order valence-corrected chi connectivity index (χ1v) is 7.21. The molecule has 1 saturated carbocycles. The molecule has 3 rings (SSSR count). The van der Waals surface area contributed by atoms with Crippen molar-refractivity contribution in [3.63, 3.8) is 0 Å². The quantitative estimate of drug-likeness (QED) is 0.792. The minimum Gasteiger partial charge on any atom is -0.361 e. The van der Waals surface area contributed by atoms with Crippen molar-refractivity contribution in [2.45, 2.75) is 44.6 Å². The molecule has 3 nitrogen and oxygen atoms in total. The number of fused-ring (bicyclic) bond motifs is 1. The first-order chi connectivity index (χ1) is 9.33. The molecular formula is C16H20N2O. The van der Waals surface area contributed by atoms with Gasteiger partial charge in [-0.25, -0.2) is 0 Å². The Morgan fingerprint density at radius 2 is 1.89 bits per heavy atom. The molecule has 3 heteroatoms. The molecule has 0 aliphatic heterocycles. The van der Waals surface area contributed by atoms with Gasteiger partial charge in [0, 0.05) is 28.7 Å². The highest BCUT2D eigenvalue weighted by Gasteiger charge is 2.15. The molecule has 1 aromatic heterocycles. The van der Waals surface area contributed by atoms with Gasteiger partial charge >= 0.3 is 0 Å². The Labute approximate surface area is 113 Å². The second-order valence-electron chi connectivity index (χ2n) is 5.44. The van der Waals surface area contributed by atoms with Crippen molar-refractivity contribution in [1.82, 2.24) is 10.3 Å². The lowest BCUT2D eigenvalue weighted by Crippen LogP contribution is -2.34. The number of carbonyl (C=O) groups excluding carboxylic acids is 1. The molecule has 0 spiro atoms. The summed E-state index contributed by atoms with van der Waals surface area (Å²) in [6, 6.07) is 8.18. The molecule has 0 atom stereocenters. The van der Waals surface area contributed by atoms with Crippen molar-refractivity contribution in [1.29, 1.82) is 0 Å². The SMILES string of the molecule is O=C(NC1CCCCCC1)c1ccc2[nH]ccc2c1. The Kier molecular flexibility index (Phi) is 3.53. The van der Waals surface area contributed by atoms with Crippen LogP contribution in [0.4, 0.5) is 0 Å². The summed E-state index contributed by atoms with van der Waals surface area (Å²) in [5.74, 6) is 0.0648. The van der Waals surface area contributed by atoms with Gasteiger partial charge in [0.25, 0.3) is 5.91 Å². The number of hydrogen-bond acceptors (Lipinski definition) is 1. The number of hydrogen-bond donors (Lipinski definition) is 2. The van der Waals surface area contributed by atoms with E-state index in [2.05, 4.69) is 10.3 Å². The Morgan fingerprint density at radius 1 is 1.11 bits per heavy atom. The van der Waals surface area contributed by atoms with E-state index in [0.29, 0.717) is 6.04 Å². The average Bonchev–Trinajstić information content (AvgIpc) is 2.75. The Balaban J connectivity index is 1.71. The van der Waals surface area contributed by atoms with Crippen LogP contribution in [0.3, 0.4) is 0 Å². The number of aromatic amines is 1. The number of H-pyrrole nitrogens is 1. The van der Waals surface area contributed by atoms with E-state index in [-0.39, 0.29) is 5.91 Å². The third-order valence-electron chi connectivity index (χ3n) is 4.01. The zero-order chi connectivity index (χ0) is 13.1. The highest BCUT2D eigenvalue weighted by molar-refractivity contribution is 5.98. The standard InChI is InChI=1S/C16H20N2O/c19-16(18-14-5-3-1-2-4-6-14)13-7-8-15-12(11-13)9-10-17-15/h7-11,14,17H,1-6H2,(H,18,19). The molecule has 2 aromatic rings. The first-order valence-electron chi connectivity index (χ1n) is 7.21. The summed E-state index contributed by atoms with van der Waals surface area (Å²) in [6.45, 7) is 0. The third-order valence-corrected chi connectivity index (χ3v) is 4.01. The van der Waals surface area contributed by atoms with Crippen LogP contribution in [-0.2, 0) is 0 Å². The summed E-state index contributed by atoms with van der Waals surface area (Å²) >= 11 is 0. The van der Waals surface area contributed by atoms with E-state index < -0.39 is 0 Å². The van der Waals surface area contributed by atoms with Crippen LogP contribution in [0.15, 0.2) is 30.5 Å². The molecule has 1 heterocycles. The van der Waals surface area contributed by atoms with Crippen molar-refractivity contribution in [2.24, 2.45) is 0 Å². The third kappa shape index (κ3) is 2.80. The largest absolute Gasteiger partial charge is 0.361 e. The fourth-order valence-corrected chi connectivity index (χ4v) is 2.89. The van der Waals surface area contributed by atoms with Gasteiger partial charge in [0.2, 0.25) is 0 Å². The van der Waals surface area contributed by atoms with Gasteiger partial charge in [0.05, 0.1) is 0 Å². The van der Waals surface area contributed by atoms with E-state index in [9.17, 15) is 4.79 Å². The van der Waals surface area contributed by atoms with Gasteiger partial charge in [-0.15, -0.1) is 0 Å². The topological polar surface area (TPSA) is 44.9 Å². The smallest absolute Gasteiger partial charge is 0.251 e. The van der Waals surface area contributed by atoms with Crippen LogP contribution in [0, 0.1) is 0 Å². The molecule has 1 amide bonds. The zero-order valence-electron chi connectivity index (χ0n) is 11.1. The number of nitrogens with one attached hydrogen (secondary N) is 2. The van der Waals surface area contributed by atoms with E-state index in [0.717, 1.165) is 29.3 Å². The Morgan fingerprint density at radius 3 is 2.68 bits per heavy atom. The fourth-order valence-electron chi connectivity index (χ4n) is 2.89. The second-order valence-corrected chi connectivity index (χ2v) is 5.44. The van der Waals surface area contributed by atoms with Crippen LogP contribution in [-0.4, -0.2) is 16.9 Å². The van der Waals surface area contributed by atoms with Gasteiger partial charge in [0.15, 0.2) is 0 Å². The molecule has 1 aliphatic carbocycles. The molecule has 1 aromatic carbocycles. The van der Waals surface area contributed by atoms with Crippen LogP contribution in [0.2, 0.25) is 0 Å². The summed E-state index contributed by atoms with van der Waals surface area (Å²) in [5, 5.41) is 4.27. The summed E-state index contributed by atoms with van der Waals surface area (Å²) < 4.78 is 0. The van der Waals surface area contributed by atoms with E-state index in [1.165, 1.54) is 25.7 Å². The van der Waals surface area contributed by atoms with E-state index in [1.807, 2.05) is 30.5 Å². The maximum atomic E-state index is 12.3. The summed E-state index contributed by atoms with van der Waals surface area (Å²) in [6.07, 6.45) is 9.24. The van der Waals surface area contributed by atoms with Crippen molar-refractivity contribution in [3.05, 3.63) is 36.0 Å². The molecule has 1 aliphatic rings. The first kappa shape index (κ1) is 12.3. The van der Waals surface area contributed by atoms with Gasteiger partial charge < -0.3 is 10.3 Å². The minimum absolute atomic E-state index is 0.0648. The van der Waals surface area contributed by atoms with Crippen molar-refractivity contribution in [3.8, 4) is 0 Å². The summed E-state index contributed by atoms with van der Waals surface area (Å²) in [5.41, 5.74) is 1.84. The highest BCUT2D eigenvalue weighted by Crippen LogP contribution is 2.18. The minimum atomic E-state index is 0.0648. The van der Waals surface area contributed by atoms with Crippen molar-refractivity contribution >= 4 is 16.8 Å². The van der Waals surface area contributed by atoms with Crippen LogP contribution in [0.5, 0.6) is 0 Å². The van der Waals surface area contributed by atoms with Gasteiger partial charge in [-0.1, -0.05) is 25.7 Å². The Hall–Kier alpha value is -1.77. The van der Waals surface area contributed by atoms with Gasteiger partial charge in [-0.3, -0.25) is 4.79 Å². The number of amides is 1. The fraction of sp³-hybridized carbons (Fsp3) is 0.438. The van der Waals surface area contributed by atoms with Crippen LogP contribution in [0.25, 0.3) is 10.9 Å². The van der Waals surface area contributed by atoms with Crippen LogP contribution >= 0.6 is 0 Å². The summed E-state index contributed by atoms with van der Waals surface area (Å²) in [7, 11) is 0. The lowest BCUT2D eigenvalue weighted by Gasteiger charge is -2.16. The number of benzene rings is 1. The van der Waals surface area contributed by atoms with Crippen molar-refractivity contribution < 1.29 is 4.79 Å². The molecule has 0 unspecified atom stereocenters. The second kappa shape index (κ2) is 5.47. The molecule has 2 N–H and O–H groups in total. The summed E-state index contributed by atoms with van der Waals surface area (Å²) in [4.78, 5) is 15.4. The predicted octanol–water partition coefficient (Wildman–Crippen LogP) is 3.62. The number of aromatic nitrogens is 1. The molecule has 19 heavy (non-hydrogen) atoms. The lowest BCUT2D eigenvalue weighted by molar-refractivity contribution is 0.0933. The van der Waals surface area contributed by atoms with Gasteiger partial charge in [-0.2, -0.15) is 0 Å². The average molecular weight is 256 g/mol. The zero-order valence-corrected chi connectivity index (χ0v) is 11.1. The maximum Gasteiger partial charge on any atom is 0.251 e. The van der Waals surface area contributed by atoms with E-state index in [1.54, 1.807) is 0 Å². The van der Waals surface area contributed by atoms with E-state index in [4.69, 9.17) is 0 Å². The molecule has 0 saturated heterocycles. The van der Waals surface area contributed by atoms with E-state index >= 15 is 0 Å². The van der Waals surface area contributed by atoms with Crippen LogP contribution in [0.1, 0.15) is 48.9 Å². The molecular weight excluding hydrogens is 236 g/mol. The Bertz CT molecular complexity index is 565. The monoisotopic (exact) mass is 256 g/mol. The number of rotatable bonds is 2. The molecule has 0 radical (unpaired) electrons. The van der Waals surface area contributed by atoms with Gasteiger partial charge in [-0.05, 0) is 37.1 Å².